The SMILES string of the molecule is CC(C)(C)[S+]([O-])NCc1cc(-c2ccccn2)cc(Cl)c1Sc1ncccc1CO[Si](C)(C)C(C)(C)C. The molecule has 2 heterocycles. The molecule has 0 fully saturated rings. The minimum absolute atomic E-state index is 0.120. The van der Waals surface area contributed by atoms with E-state index in [4.69, 9.17) is 16.0 Å². The van der Waals surface area contributed by atoms with Crippen molar-refractivity contribution in [3.05, 3.63) is 71.0 Å². The van der Waals surface area contributed by atoms with E-state index in [-0.39, 0.29) is 9.79 Å². The molecule has 1 atom stereocenters. The van der Waals surface area contributed by atoms with Gasteiger partial charge in [0.2, 0.25) is 0 Å². The van der Waals surface area contributed by atoms with Crippen LogP contribution in [0.5, 0.6) is 0 Å². The second-order valence-corrected chi connectivity index (χ2v) is 19.7. The zero-order chi connectivity index (χ0) is 27.4. The van der Waals surface area contributed by atoms with Gasteiger partial charge in [0, 0.05) is 39.8 Å². The van der Waals surface area contributed by atoms with Crippen molar-refractivity contribution in [2.45, 2.75) is 87.5 Å². The summed E-state index contributed by atoms with van der Waals surface area (Å²) in [5, 5.41) is 1.58. The van der Waals surface area contributed by atoms with Crippen molar-refractivity contribution < 1.29 is 8.98 Å². The molecule has 1 N–H and O–H groups in total. The Morgan fingerprint density at radius 2 is 1.70 bits per heavy atom. The van der Waals surface area contributed by atoms with E-state index in [2.05, 4.69) is 60.7 Å². The molecule has 37 heavy (non-hydrogen) atoms. The quantitative estimate of drug-likeness (QED) is 0.206. The maximum atomic E-state index is 12.8. The Kier molecular flexibility index (Phi) is 9.94. The molecule has 0 saturated heterocycles. The molecule has 3 aromatic rings. The van der Waals surface area contributed by atoms with Gasteiger partial charge in [-0.15, -0.1) is 4.72 Å². The number of aromatic nitrogens is 2. The summed E-state index contributed by atoms with van der Waals surface area (Å²) in [6.07, 6.45) is 3.56. The van der Waals surface area contributed by atoms with E-state index >= 15 is 0 Å². The zero-order valence-electron chi connectivity index (χ0n) is 23.0. The first kappa shape index (κ1) is 30.2. The Morgan fingerprint density at radius 1 is 1.00 bits per heavy atom. The normalized spacial score (nSPS) is 13.6. The lowest BCUT2D eigenvalue weighted by Crippen LogP contribution is -2.40. The predicted octanol–water partition coefficient (Wildman–Crippen LogP) is 8.02. The Balaban J connectivity index is 1.96. The van der Waals surface area contributed by atoms with Crippen molar-refractivity contribution in [1.29, 1.82) is 0 Å². The molecule has 200 valence electrons. The Hall–Kier alpha value is -1.39. The molecule has 0 aliphatic rings. The number of halogens is 1. The van der Waals surface area contributed by atoms with Crippen LogP contribution in [0.1, 0.15) is 52.7 Å². The summed E-state index contributed by atoms with van der Waals surface area (Å²) >= 11 is 7.19. The fraction of sp³-hybridized carbons (Fsp3) is 0.429. The van der Waals surface area contributed by atoms with Gasteiger partial charge >= 0.3 is 0 Å². The number of pyridine rings is 2. The average Bonchev–Trinajstić information content (AvgIpc) is 2.82. The first-order valence-electron chi connectivity index (χ1n) is 12.3. The molecule has 0 aliphatic carbocycles. The third-order valence-corrected chi connectivity index (χ3v) is 14.1. The summed E-state index contributed by atoms with van der Waals surface area (Å²) in [6, 6.07) is 13.8. The fourth-order valence-electron chi connectivity index (χ4n) is 3.13. The molecule has 0 spiro atoms. The predicted molar refractivity (Wildman–Crippen MR) is 160 cm³/mol. The van der Waals surface area contributed by atoms with Crippen LogP contribution in [0.2, 0.25) is 23.2 Å². The Morgan fingerprint density at radius 3 is 2.32 bits per heavy atom. The summed E-state index contributed by atoms with van der Waals surface area (Å²) in [4.78, 5) is 10.1. The van der Waals surface area contributed by atoms with Gasteiger partial charge in [-0.25, -0.2) is 4.98 Å². The van der Waals surface area contributed by atoms with Crippen LogP contribution in [0.15, 0.2) is 64.8 Å². The molecule has 0 radical (unpaired) electrons. The number of hydrogen-bond donors (Lipinski definition) is 1. The molecule has 1 aromatic carbocycles. The monoisotopic (exact) mass is 575 g/mol. The summed E-state index contributed by atoms with van der Waals surface area (Å²) in [7, 11) is -1.93. The van der Waals surface area contributed by atoms with Crippen molar-refractivity contribution >= 4 is 43.0 Å². The highest BCUT2D eigenvalue weighted by Crippen LogP contribution is 2.41. The van der Waals surface area contributed by atoms with Gasteiger partial charge in [-0.2, -0.15) is 0 Å². The number of hydrogen-bond acceptors (Lipinski definition) is 6. The highest BCUT2D eigenvalue weighted by Gasteiger charge is 2.37. The van der Waals surface area contributed by atoms with E-state index in [1.54, 1.807) is 12.4 Å². The van der Waals surface area contributed by atoms with Gasteiger partial charge in [0.05, 0.1) is 23.9 Å². The molecule has 0 bridgehead atoms. The first-order valence-corrected chi connectivity index (χ1v) is 17.6. The van der Waals surface area contributed by atoms with Gasteiger partial charge in [0.15, 0.2) is 8.32 Å². The van der Waals surface area contributed by atoms with Crippen LogP contribution in [0.3, 0.4) is 0 Å². The number of rotatable bonds is 9. The highest BCUT2D eigenvalue weighted by atomic mass is 35.5. The maximum Gasteiger partial charge on any atom is 0.192 e. The van der Waals surface area contributed by atoms with Gasteiger partial charge in [0.1, 0.15) is 9.77 Å². The minimum Gasteiger partial charge on any atom is -0.598 e. The lowest BCUT2D eigenvalue weighted by Gasteiger charge is -2.36. The van der Waals surface area contributed by atoms with Crippen molar-refractivity contribution in [3.63, 3.8) is 0 Å². The van der Waals surface area contributed by atoms with Crippen LogP contribution in [0.4, 0.5) is 0 Å². The highest BCUT2D eigenvalue weighted by molar-refractivity contribution is 7.99. The van der Waals surface area contributed by atoms with Gasteiger partial charge < -0.3 is 8.98 Å². The summed E-state index contributed by atoms with van der Waals surface area (Å²) in [6.45, 7) is 18.0. The third kappa shape index (κ3) is 8.05. The molecular formula is C28H38ClN3O2S2Si. The molecule has 9 heteroatoms. The van der Waals surface area contributed by atoms with Gasteiger partial charge in [-0.05, 0) is 74.8 Å². The van der Waals surface area contributed by atoms with Crippen LogP contribution in [0.25, 0.3) is 11.3 Å². The second kappa shape index (κ2) is 12.2. The molecule has 0 aliphatic heterocycles. The van der Waals surface area contributed by atoms with Crippen molar-refractivity contribution in [1.82, 2.24) is 14.7 Å². The largest absolute Gasteiger partial charge is 0.598 e. The number of nitrogens with zero attached hydrogens (tertiary/aromatic N) is 2. The maximum absolute atomic E-state index is 12.8. The van der Waals surface area contributed by atoms with E-state index in [0.29, 0.717) is 18.2 Å². The van der Waals surface area contributed by atoms with E-state index < -0.39 is 19.7 Å². The standard InChI is InChI=1S/C28H38ClN3O2S2Si/c1-27(2,3)36(33)32-18-22-16-21(24-13-9-10-14-30-24)17-23(29)25(22)35-26-20(12-11-15-31-26)19-34-37(7,8)28(4,5)6/h9-17,32H,18-19H2,1-8H3. The van der Waals surface area contributed by atoms with Crippen molar-refractivity contribution in [2.24, 2.45) is 0 Å². The molecule has 5 nitrogen and oxygen atoms in total. The van der Waals surface area contributed by atoms with Crippen molar-refractivity contribution in [2.75, 3.05) is 0 Å². The second-order valence-electron chi connectivity index (χ2n) is 11.5. The topological polar surface area (TPSA) is 70.1 Å². The fourth-order valence-corrected chi connectivity index (χ4v) is 6.14. The van der Waals surface area contributed by atoms with Crippen LogP contribution in [-0.2, 0) is 28.9 Å². The molecule has 2 aromatic heterocycles. The minimum atomic E-state index is -1.93. The van der Waals surface area contributed by atoms with Crippen LogP contribution in [-0.4, -0.2) is 27.6 Å². The van der Waals surface area contributed by atoms with E-state index in [9.17, 15) is 4.55 Å². The van der Waals surface area contributed by atoms with Gasteiger partial charge in [0.25, 0.3) is 0 Å². The summed E-state index contributed by atoms with van der Waals surface area (Å²) in [5.74, 6) is 0. The van der Waals surface area contributed by atoms with Gasteiger partial charge in [-0.3, -0.25) is 4.98 Å². The summed E-state index contributed by atoms with van der Waals surface area (Å²) in [5.41, 5.74) is 3.72. The zero-order valence-corrected chi connectivity index (χ0v) is 26.4. The Bertz CT molecular complexity index is 1200. The van der Waals surface area contributed by atoms with Crippen molar-refractivity contribution in [3.8, 4) is 11.3 Å². The molecular weight excluding hydrogens is 538 g/mol. The number of nitrogens with one attached hydrogen (secondary N) is 1. The van der Waals surface area contributed by atoms with Gasteiger partial charge in [-0.1, -0.05) is 56.3 Å². The lowest BCUT2D eigenvalue weighted by molar-refractivity contribution is 0.273. The third-order valence-electron chi connectivity index (χ3n) is 6.47. The van der Waals surface area contributed by atoms with Crippen LogP contribution in [0, 0.1) is 0 Å². The first-order chi connectivity index (χ1) is 17.2. The average molecular weight is 576 g/mol. The van der Waals surface area contributed by atoms with E-state index in [1.165, 1.54) is 11.8 Å². The molecule has 1 unspecified atom stereocenters. The number of benzene rings is 1. The van der Waals surface area contributed by atoms with Crippen LogP contribution < -0.4 is 4.72 Å². The summed E-state index contributed by atoms with van der Waals surface area (Å²) < 4.78 is 22.1. The smallest absolute Gasteiger partial charge is 0.192 e. The van der Waals surface area contributed by atoms with E-state index in [1.807, 2.05) is 51.1 Å². The molecule has 3 rings (SSSR count). The Labute approximate surface area is 235 Å². The van der Waals surface area contributed by atoms with E-state index in [0.717, 1.165) is 32.3 Å². The lowest BCUT2D eigenvalue weighted by atomic mass is 10.1. The van der Waals surface area contributed by atoms with Crippen LogP contribution >= 0.6 is 23.4 Å². The molecule has 0 saturated carbocycles. The molecule has 0 amide bonds.